The average molecular weight is 209 g/mol. The summed E-state index contributed by atoms with van der Waals surface area (Å²) < 4.78 is 10.5. The zero-order valence-electron chi connectivity index (χ0n) is 8.30. The molecule has 1 aliphatic rings. The number of rotatable bonds is 4. The van der Waals surface area contributed by atoms with Gasteiger partial charge in [0.25, 0.3) is 0 Å². The standard InChI is InChI=1S/C10H11NO4/c1-10(7-15-10)6-14-9-5-3-2-4-8(9)11(12)13/h2-5H,6-7H2,1H3. The maximum Gasteiger partial charge on any atom is 0.310 e. The summed E-state index contributed by atoms with van der Waals surface area (Å²) in [6.45, 7) is 2.90. The molecule has 1 aromatic carbocycles. The molecule has 0 bridgehead atoms. The van der Waals surface area contributed by atoms with Crippen LogP contribution < -0.4 is 4.74 Å². The molecule has 1 aliphatic heterocycles. The van der Waals surface area contributed by atoms with Crippen molar-refractivity contribution in [2.75, 3.05) is 13.2 Å². The lowest BCUT2D eigenvalue weighted by Gasteiger charge is -2.08. The van der Waals surface area contributed by atoms with Crippen molar-refractivity contribution in [3.63, 3.8) is 0 Å². The van der Waals surface area contributed by atoms with Gasteiger partial charge in [0.2, 0.25) is 0 Å². The van der Waals surface area contributed by atoms with Gasteiger partial charge in [-0.15, -0.1) is 0 Å². The molecule has 0 radical (unpaired) electrons. The number of para-hydroxylation sites is 2. The van der Waals surface area contributed by atoms with E-state index in [1.807, 2.05) is 6.92 Å². The highest BCUT2D eigenvalue weighted by Gasteiger charge is 2.40. The second kappa shape index (κ2) is 3.51. The first kappa shape index (κ1) is 9.92. The summed E-state index contributed by atoms with van der Waals surface area (Å²) in [5.41, 5.74) is -0.272. The maximum atomic E-state index is 10.7. The summed E-state index contributed by atoms with van der Waals surface area (Å²) in [5.74, 6) is 0.291. The molecule has 0 spiro atoms. The summed E-state index contributed by atoms with van der Waals surface area (Å²) in [6.07, 6.45) is 0. The first-order valence-electron chi connectivity index (χ1n) is 4.61. The van der Waals surface area contributed by atoms with E-state index in [0.717, 1.165) is 0 Å². The van der Waals surface area contributed by atoms with E-state index in [1.54, 1.807) is 18.2 Å². The molecule has 1 fully saturated rings. The molecule has 15 heavy (non-hydrogen) atoms. The van der Waals surface area contributed by atoms with Crippen LogP contribution in [-0.4, -0.2) is 23.7 Å². The summed E-state index contributed by atoms with van der Waals surface area (Å²) >= 11 is 0. The topological polar surface area (TPSA) is 64.9 Å². The van der Waals surface area contributed by atoms with Gasteiger partial charge in [0.05, 0.1) is 11.5 Å². The highest BCUT2D eigenvalue weighted by atomic mass is 16.6. The van der Waals surface area contributed by atoms with Gasteiger partial charge in [0.1, 0.15) is 12.2 Å². The third-order valence-electron chi connectivity index (χ3n) is 2.23. The normalized spacial score (nSPS) is 23.5. The van der Waals surface area contributed by atoms with Gasteiger partial charge in [-0.25, -0.2) is 0 Å². The fourth-order valence-corrected chi connectivity index (χ4v) is 1.17. The summed E-state index contributed by atoms with van der Waals surface area (Å²) in [6, 6.07) is 6.33. The SMILES string of the molecule is CC1(COc2ccccc2[N+](=O)[O-])CO1. The number of nitro groups is 1. The number of nitrogens with zero attached hydrogens (tertiary/aromatic N) is 1. The van der Waals surface area contributed by atoms with E-state index in [9.17, 15) is 10.1 Å². The lowest BCUT2D eigenvalue weighted by molar-refractivity contribution is -0.385. The van der Waals surface area contributed by atoms with E-state index in [-0.39, 0.29) is 11.3 Å². The second-order valence-corrected chi connectivity index (χ2v) is 3.75. The molecule has 1 aromatic rings. The molecule has 1 atom stereocenters. The Morgan fingerprint density at radius 2 is 2.27 bits per heavy atom. The van der Waals surface area contributed by atoms with Crippen LogP contribution in [0.1, 0.15) is 6.92 Å². The predicted octanol–water partition coefficient (Wildman–Crippen LogP) is 1.76. The minimum Gasteiger partial charge on any atom is -0.484 e. The van der Waals surface area contributed by atoms with Crippen LogP contribution in [0.25, 0.3) is 0 Å². The fourth-order valence-electron chi connectivity index (χ4n) is 1.17. The summed E-state index contributed by atoms with van der Waals surface area (Å²) in [4.78, 5) is 10.2. The largest absolute Gasteiger partial charge is 0.484 e. The van der Waals surface area contributed by atoms with Crippen LogP contribution >= 0.6 is 0 Å². The van der Waals surface area contributed by atoms with E-state index in [4.69, 9.17) is 9.47 Å². The molecule has 1 heterocycles. The molecule has 0 aromatic heterocycles. The molecule has 0 saturated carbocycles. The Hall–Kier alpha value is -1.62. The summed E-state index contributed by atoms with van der Waals surface area (Å²) in [7, 11) is 0. The zero-order chi connectivity index (χ0) is 10.9. The van der Waals surface area contributed by atoms with Crippen LogP contribution in [-0.2, 0) is 4.74 Å². The van der Waals surface area contributed by atoms with E-state index >= 15 is 0 Å². The molecule has 0 N–H and O–H groups in total. The van der Waals surface area contributed by atoms with Gasteiger partial charge in [0, 0.05) is 6.07 Å². The number of ether oxygens (including phenoxy) is 2. The number of hydrogen-bond donors (Lipinski definition) is 0. The number of hydrogen-bond acceptors (Lipinski definition) is 4. The van der Waals surface area contributed by atoms with Crippen LogP contribution in [0.2, 0.25) is 0 Å². The molecular formula is C10H11NO4. The fraction of sp³-hybridized carbons (Fsp3) is 0.400. The smallest absolute Gasteiger partial charge is 0.310 e. The Balaban J connectivity index is 2.09. The Morgan fingerprint density at radius 3 is 2.87 bits per heavy atom. The Morgan fingerprint density at radius 1 is 1.60 bits per heavy atom. The molecule has 5 nitrogen and oxygen atoms in total. The third-order valence-corrected chi connectivity index (χ3v) is 2.23. The first-order chi connectivity index (χ1) is 7.11. The van der Waals surface area contributed by atoms with Gasteiger partial charge in [-0.3, -0.25) is 10.1 Å². The Labute approximate surface area is 86.8 Å². The van der Waals surface area contributed by atoms with Gasteiger partial charge in [-0.05, 0) is 13.0 Å². The van der Waals surface area contributed by atoms with E-state index in [1.165, 1.54) is 6.07 Å². The molecule has 2 rings (SSSR count). The monoisotopic (exact) mass is 209 g/mol. The Bertz CT molecular complexity index is 387. The number of epoxide rings is 1. The molecule has 1 saturated heterocycles. The van der Waals surface area contributed by atoms with Crippen molar-refractivity contribution in [2.45, 2.75) is 12.5 Å². The van der Waals surface area contributed by atoms with Gasteiger partial charge in [-0.2, -0.15) is 0 Å². The second-order valence-electron chi connectivity index (χ2n) is 3.75. The van der Waals surface area contributed by atoms with Crippen molar-refractivity contribution < 1.29 is 14.4 Å². The minimum atomic E-state index is -0.453. The van der Waals surface area contributed by atoms with E-state index < -0.39 is 4.92 Å². The highest BCUT2D eigenvalue weighted by Crippen LogP contribution is 2.30. The predicted molar refractivity (Wildman–Crippen MR) is 52.9 cm³/mol. The van der Waals surface area contributed by atoms with Crippen molar-refractivity contribution in [1.29, 1.82) is 0 Å². The molecule has 0 aliphatic carbocycles. The quantitative estimate of drug-likeness (QED) is 0.430. The van der Waals surface area contributed by atoms with Crippen LogP contribution in [0.4, 0.5) is 5.69 Å². The Kier molecular flexibility index (Phi) is 2.32. The molecule has 5 heteroatoms. The first-order valence-corrected chi connectivity index (χ1v) is 4.61. The molecule has 1 unspecified atom stereocenters. The van der Waals surface area contributed by atoms with Crippen molar-refractivity contribution in [3.05, 3.63) is 34.4 Å². The van der Waals surface area contributed by atoms with Crippen LogP contribution in [0, 0.1) is 10.1 Å². The zero-order valence-corrected chi connectivity index (χ0v) is 8.30. The van der Waals surface area contributed by atoms with Crippen LogP contribution in [0.15, 0.2) is 24.3 Å². The third kappa shape index (κ3) is 2.24. The van der Waals surface area contributed by atoms with Gasteiger partial charge in [-0.1, -0.05) is 12.1 Å². The highest BCUT2D eigenvalue weighted by molar-refractivity contribution is 5.45. The van der Waals surface area contributed by atoms with Crippen molar-refractivity contribution in [1.82, 2.24) is 0 Å². The van der Waals surface area contributed by atoms with Crippen LogP contribution in [0.3, 0.4) is 0 Å². The summed E-state index contributed by atoms with van der Waals surface area (Å²) in [5, 5.41) is 10.7. The number of benzene rings is 1. The number of nitro benzene ring substituents is 1. The van der Waals surface area contributed by atoms with Gasteiger partial charge >= 0.3 is 5.69 Å². The molecular weight excluding hydrogens is 198 g/mol. The molecule has 0 amide bonds. The van der Waals surface area contributed by atoms with Crippen LogP contribution in [0.5, 0.6) is 5.75 Å². The maximum absolute atomic E-state index is 10.7. The van der Waals surface area contributed by atoms with Gasteiger partial charge in [0.15, 0.2) is 5.75 Å². The van der Waals surface area contributed by atoms with Gasteiger partial charge < -0.3 is 9.47 Å². The molecule has 80 valence electrons. The van der Waals surface area contributed by atoms with E-state index in [0.29, 0.717) is 19.0 Å². The van der Waals surface area contributed by atoms with Crippen molar-refractivity contribution in [2.24, 2.45) is 0 Å². The average Bonchev–Trinajstić information content (AvgIpc) is 2.95. The minimum absolute atomic E-state index is 0.0123. The lowest BCUT2D eigenvalue weighted by Crippen LogP contribution is -2.17. The van der Waals surface area contributed by atoms with Crippen molar-refractivity contribution in [3.8, 4) is 5.75 Å². The van der Waals surface area contributed by atoms with Crippen molar-refractivity contribution >= 4 is 5.69 Å². The lowest BCUT2D eigenvalue weighted by atomic mass is 10.2. The van der Waals surface area contributed by atoms with E-state index in [2.05, 4.69) is 0 Å².